The minimum absolute atomic E-state index is 0.0849. The molecule has 1 saturated heterocycles. The van der Waals surface area contributed by atoms with E-state index in [1.807, 2.05) is 0 Å². The fourth-order valence-electron chi connectivity index (χ4n) is 3.32. The lowest BCUT2D eigenvalue weighted by Gasteiger charge is -2.34. The minimum atomic E-state index is -1.04. The highest BCUT2D eigenvalue weighted by Gasteiger charge is 2.45. The third kappa shape index (κ3) is 4.49. The first-order chi connectivity index (χ1) is 11.6. The van der Waals surface area contributed by atoms with Crippen LogP contribution in [0.2, 0.25) is 0 Å². The Morgan fingerprint density at radius 3 is 2.56 bits per heavy atom. The van der Waals surface area contributed by atoms with Crippen LogP contribution >= 0.6 is 0 Å². The van der Waals surface area contributed by atoms with Gasteiger partial charge in [-0.05, 0) is 32.1 Å². The fourth-order valence-corrected chi connectivity index (χ4v) is 3.32. The standard InChI is InChI=1S/C17H27N3O5/c1-10-6-5-7-12(11(10)2)18-13(21)9-25-14(22)8-20-15(23)17(3,4)19-16(20)24/h10-12H,5-9H2,1-4H3,(H,18,21)(H,19,24)/t10-,11+,12-/m0/s1. The van der Waals surface area contributed by atoms with E-state index in [2.05, 4.69) is 24.5 Å². The van der Waals surface area contributed by atoms with Crippen LogP contribution < -0.4 is 10.6 Å². The maximum atomic E-state index is 12.0. The van der Waals surface area contributed by atoms with Crippen molar-refractivity contribution in [2.75, 3.05) is 13.2 Å². The summed E-state index contributed by atoms with van der Waals surface area (Å²) in [6.45, 7) is 6.47. The van der Waals surface area contributed by atoms with E-state index in [1.165, 1.54) is 0 Å². The third-order valence-electron chi connectivity index (χ3n) is 5.15. The van der Waals surface area contributed by atoms with Gasteiger partial charge in [0.15, 0.2) is 6.61 Å². The van der Waals surface area contributed by atoms with Crippen LogP contribution in [-0.2, 0) is 19.1 Å². The Kier molecular flexibility index (Phi) is 5.69. The summed E-state index contributed by atoms with van der Waals surface area (Å²) >= 11 is 0. The molecule has 2 N–H and O–H groups in total. The second-order valence-electron chi connectivity index (χ2n) is 7.55. The van der Waals surface area contributed by atoms with Crippen LogP contribution in [0, 0.1) is 11.8 Å². The number of nitrogens with one attached hydrogen (secondary N) is 2. The Labute approximate surface area is 147 Å². The summed E-state index contributed by atoms with van der Waals surface area (Å²) in [4.78, 5) is 48.3. The molecule has 0 bridgehead atoms. The van der Waals surface area contributed by atoms with Crippen LogP contribution in [0.4, 0.5) is 4.79 Å². The molecule has 0 aromatic carbocycles. The first-order valence-corrected chi connectivity index (χ1v) is 8.71. The second kappa shape index (κ2) is 7.41. The van der Waals surface area contributed by atoms with Crippen molar-refractivity contribution in [3.63, 3.8) is 0 Å². The smallest absolute Gasteiger partial charge is 0.326 e. The van der Waals surface area contributed by atoms with Gasteiger partial charge < -0.3 is 15.4 Å². The van der Waals surface area contributed by atoms with Crippen molar-refractivity contribution in [3.05, 3.63) is 0 Å². The molecule has 0 unspecified atom stereocenters. The van der Waals surface area contributed by atoms with E-state index in [9.17, 15) is 19.2 Å². The van der Waals surface area contributed by atoms with E-state index >= 15 is 0 Å². The Morgan fingerprint density at radius 1 is 1.28 bits per heavy atom. The van der Waals surface area contributed by atoms with Gasteiger partial charge in [-0.1, -0.05) is 26.7 Å². The third-order valence-corrected chi connectivity index (χ3v) is 5.15. The summed E-state index contributed by atoms with van der Waals surface area (Å²) in [6.07, 6.45) is 3.14. The Hall–Kier alpha value is -2.12. The lowest BCUT2D eigenvalue weighted by molar-refractivity contribution is -0.151. The molecular formula is C17H27N3O5. The molecule has 2 fully saturated rings. The molecule has 8 heteroatoms. The highest BCUT2D eigenvalue weighted by molar-refractivity contribution is 6.08. The lowest BCUT2D eigenvalue weighted by Crippen LogP contribution is -2.45. The first-order valence-electron chi connectivity index (χ1n) is 8.71. The molecule has 0 radical (unpaired) electrons. The van der Waals surface area contributed by atoms with Crippen molar-refractivity contribution < 1.29 is 23.9 Å². The van der Waals surface area contributed by atoms with Crippen LogP contribution in [0.1, 0.15) is 47.0 Å². The van der Waals surface area contributed by atoms with Gasteiger partial charge in [0.05, 0.1) is 0 Å². The average Bonchev–Trinajstić information content (AvgIpc) is 2.72. The number of carbonyl (C=O) groups excluding carboxylic acids is 4. The van der Waals surface area contributed by atoms with Crippen LogP contribution in [-0.4, -0.2) is 53.4 Å². The van der Waals surface area contributed by atoms with Crippen LogP contribution in [0.3, 0.4) is 0 Å². The quantitative estimate of drug-likeness (QED) is 0.562. The normalized spacial score (nSPS) is 28.5. The Bertz CT molecular complexity index is 575. The van der Waals surface area contributed by atoms with Gasteiger partial charge in [0, 0.05) is 6.04 Å². The molecule has 1 saturated carbocycles. The zero-order valence-electron chi connectivity index (χ0n) is 15.3. The number of esters is 1. The van der Waals surface area contributed by atoms with Crippen LogP contribution in [0.15, 0.2) is 0 Å². The van der Waals surface area contributed by atoms with Crippen molar-refractivity contribution in [3.8, 4) is 0 Å². The number of hydrogen-bond donors (Lipinski definition) is 2. The summed E-state index contributed by atoms with van der Waals surface area (Å²) in [5.41, 5.74) is -1.04. The number of imide groups is 1. The Morgan fingerprint density at radius 2 is 1.96 bits per heavy atom. The zero-order chi connectivity index (χ0) is 18.8. The van der Waals surface area contributed by atoms with Gasteiger partial charge in [-0.15, -0.1) is 0 Å². The summed E-state index contributed by atoms with van der Waals surface area (Å²) < 4.78 is 4.91. The molecule has 0 spiro atoms. The number of urea groups is 1. The van der Waals surface area contributed by atoms with Crippen molar-refractivity contribution in [1.29, 1.82) is 0 Å². The monoisotopic (exact) mass is 353 g/mol. The summed E-state index contributed by atoms with van der Waals surface area (Å²) in [5, 5.41) is 5.38. The molecule has 0 aromatic heterocycles. The van der Waals surface area contributed by atoms with Gasteiger partial charge in [0.25, 0.3) is 11.8 Å². The Balaban J connectivity index is 1.77. The van der Waals surface area contributed by atoms with Crippen molar-refractivity contribution in [2.24, 2.45) is 11.8 Å². The minimum Gasteiger partial charge on any atom is -0.454 e. The molecule has 4 amide bonds. The van der Waals surface area contributed by atoms with Crippen molar-refractivity contribution in [1.82, 2.24) is 15.5 Å². The largest absolute Gasteiger partial charge is 0.454 e. The van der Waals surface area contributed by atoms with Gasteiger partial charge in [-0.3, -0.25) is 19.3 Å². The number of rotatable bonds is 5. The number of ether oxygens (including phenoxy) is 1. The second-order valence-corrected chi connectivity index (χ2v) is 7.55. The molecule has 140 valence electrons. The van der Waals surface area contributed by atoms with E-state index in [0.717, 1.165) is 24.2 Å². The molecule has 0 aromatic rings. The average molecular weight is 353 g/mol. The van der Waals surface area contributed by atoms with Crippen molar-refractivity contribution in [2.45, 2.75) is 58.5 Å². The number of amides is 4. The molecule has 8 nitrogen and oxygen atoms in total. The van der Waals surface area contributed by atoms with Gasteiger partial charge in [-0.25, -0.2) is 4.79 Å². The number of hydrogen-bond acceptors (Lipinski definition) is 5. The van der Waals surface area contributed by atoms with Gasteiger partial charge in [0.1, 0.15) is 12.1 Å². The summed E-state index contributed by atoms with van der Waals surface area (Å²) in [7, 11) is 0. The van der Waals surface area contributed by atoms with Crippen LogP contribution in [0.25, 0.3) is 0 Å². The summed E-state index contributed by atoms with van der Waals surface area (Å²) in [5.74, 6) is -0.728. The molecule has 1 aliphatic carbocycles. The van der Waals surface area contributed by atoms with Crippen LogP contribution in [0.5, 0.6) is 0 Å². The zero-order valence-corrected chi connectivity index (χ0v) is 15.3. The number of carbonyl (C=O) groups is 4. The topological polar surface area (TPSA) is 105 Å². The molecule has 3 atom stereocenters. The van der Waals surface area contributed by atoms with E-state index in [4.69, 9.17) is 4.74 Å². The van der Waals surface area contributed by atoms with Crippen molar-refractivity contribution >= 4 is 23.8 Å². The fraction of sp³-hybridized carbons (Fsp3) is 0.765. The highest BCUT2D eigenvalue weighted by atomic mass is 16.5. The SMILES string of the molecule is C[C@H]1[C@@H](NC(=O)COC(=O)CN2C(=O)NC(C)(C)C2=O)CCC[C@@H]1C. The first kappa shape index (κ1) is 19.2. The predicted octanol–water partition coefficient (Wildman–Crippen LogP) is 0.801. The number of nitrogens with zero attached hydrogens (tertiary/aromatic N) is 1. The molecular weight excluding hydrogens is 326 g/mol. The molecule has 1 aliphatic heterocycles. The molecule has 1 heterocycles. The van der Waals surface area contributed by atoms with Gasteiger partial charge in [-0.2, -0.15) is 0 Å². The maximum absolute atomic E-state index is 12.0. The van der Waals surface area contributed by atoms with E-state index < -0.39 is 36.6 Å². The highest BCUT2D eigenvalue weighted by Crippen LogP contribution is 2.29. The predicted molar refractivity (Wildman–Crippen MR) is 89.4 cm³/mol. The lowest BCUT2D eigenvalue weighted by atomic mass is 9.78. The van der Waals surface area contributed by atoms with E-state index in [0.29, 0.717) is 11.8 Å². The maximum Gasteiger partial charge on any atom is 0.326 e. The van der Waals surface area contributed by atoms with E-state index in [-0.39, 0.29) is 11.9 Å². The molecule has 2 rings (SSSR count). The van der Waals surface area contributed by atoms with E-state index in [1.54, 1.807) is 13.8 Å². The van der Waals surface area contributed by atoms with Gasteiger partial charge >= 0.3 is 12.0 Å². The van der Waals surface area contributed by atoms with Gasteiger partial charge in [0.2, 0.25) is 0 Å². The molecule has 25 heavy (non-hydrogen) atoms. The summed E-state index contributed by atoms with van der Waals surface area (Å²) in [6, 6.07) is -0.553. The molecule has 2 aliphatic rings.